The Morgan fingerprint density at radius 2 is 1.94 bits per heavy atom. The third kappa shape index (κ3) is 8.84. The van der Waals surface area contributed by atoms with E-state index in [1.165, 1.54) is 5.57 Å². The van der Waals surface area contributed by atoms with Crippen LogP contribution in [0.5, 0.6) is 0 Å². The van der Waals surface area contributed by atoms with Gasteiger partial charge in [0.25, 0.3) is 0 Å². The van der Waals surface area contributed by atoms with Crippen LogP contribution in [0.1, 0.15) is 99.8 Å². The number of hydrogen-bond donors (Lipinski definition) is 3. The van der Waals surface area contributed by atoms with Crippen LogP contribution in [-0.4, -0.2) is 40.4 Å². The van der Waals surface area contributed by atoms with Gasteiger partial charge in [0, 0.05) is 18.4 Å². The molecule has 1 rings (SSSR count). The van der Waals surface area contributed by atoms with Crippen LogP contribution < -0.4 is 0 Å². The third-order valence-corrected chi connectivity index (χ3v) is 8.43. The van der Waals surface area contributed by atoms with Crippen molar-refractivity contribution in [2.45, 2.75) is 105 Å². The summed E-state index contributed by atoms with van der Waals surface area (Å²) in [6.07, 6.45) is 15.7. The summed E-state index contributed by atoms with van der Waals surface area (Å²) in [6.45, 7) is 14.9. The fourth-order valence-corrected chi connectivity index (χ4v) is 5.47. The fourth-order valence-electron chi connectivity index (χ4n) is 5.47. The second-order valence-electron chi connectivity index (χ2n) is 11.3. The Balaban J connectivity index is 3.06. The lowest BCUT2D eigenvalue weighted by atomic mass is 9.63. The minimum absolute atomic E-state index is 0.0208. The van der Waals surface area contributed by atoms with Crippen molar-refractivity contribution in [2.24, 2.45) is 23.2 Å². The number of carbonyl (C=O) groups excluding carboxylic acids is 1. The van der Waals surface area contributed by atoms with Crippen molar-refractivity contribution < 1.29 is 20.1 Å². The first-order chi connectivity index (χ1) is 16.5. The van der Waals surface area contributed by atoms with E-state index in [-0.39, 0.29) is 24.5 Å². The van der Waals surface area contributed by atoms with Crippen LogP contribution in [0.2, 0.25) is 0 Å². The first-order valence-electron chi connectivity index (χ1n) is 13.6. The number of carbonyl (C=O) groups is 1. The molecular weight excluding hydrogens is 436 g/mol. The van der Waals surface area contributed by atoms with Gasteiger partial charge in [-0.3, -0.25) is 4.79 Å². The van der Waals surface area contributed by atoms with Crippen LogP contribution in [0.3, 0.4) is 0 Å². The molecule has 0 saturated heterocycles. The van der Waals surface area contributed by atoms with E-state index in [2.05, 4.69) is 65.8 Å². The van der Waals surface area contributed by atoms with Crippen LogP contribution >= 0.6 is 0 Å². The average molecular weight is 489 g/mol. The summed E-state index contributed by atoms with van der Waals surface area (Å²) in [5.41, 5.74) is 3.01. The summed E-state index contributed by atoms with van der Waals surface area (Å²) >= 11 is 0. The number of rotatable bonds is 15. The van der Waals surface area contributed by atoms with Crippen molar-refractivity contribution in [3.8, 4) is 0 Å². The maximum absolute atomic E-state index is 11.6. The van der Waals surface area contributed by atoms with E-state index in [4.69, 9.17) is 0 Å². The van der Waals surface area contributed by atoms with Crippen molar-refractivity contribution in [3.63, 3.8) is 0 Å². The Labute approximate surface area is 214 Å². The summed E-state index contributed by atoms with van der Waals surface area (Å²) in [6, 6.07) is 0. The van der Waals surface area contributed by atoms with Gasteiger partial charge >= 0.3 is 0 Å². The molecular formula is C31H52O4. The lowest BCUT2D eigenvalue weighted by Gasteiger charge is -2.42. The fraction of sp³-hybridized carbons (Fsp3) is 0.710. The zero-order valence-corrected chi connectivity index (χ0v) is 23.4. The minimum atomic E-state index is -1.33. The largest absolute Gasteiger partial charge is 0.396 e. The molecule has 0 aliphatic heterocycles. The van der Waals surface area contributed by atoms with Crippen molar-refractivity contribution >= 4 is 6.29 Å². The molecule has 200 valence electrons. The molecule has 0 bridgehead atoms. The number of aliphatic hydroxyl groups is 3. The Kier molecular flexibility index (Phi) is 13.4. The lowest BCUT2D eigenvalue weighted by Crippen LogP contribution is -2.43. The van der Waals surface area contributed by atoms with E-state index in [0.29, 0.717) is 43.1 Å². The van der Waals surface area contributed by atoms with Gasteiger partial charge < -0.3 is 15.3 Å². The lowest BCUT2D eigenvalue weighted by molar-refractivity contribution is -0.105. The highest BCUT2D eigenvalue weighted by molar-refractivity contribution is 5.73. The second-order valence-corrected chi connectivity index (χ2v) is 11.3. The molecule has 0 aromatic rings. The standard InChI is InChI=1S/C31H52O4/c1-8-9-13-27(25(4)21-33)29(14-11-20-32)31(35,22-34)19-10-12-23(2)15-18-28-24(3)16-17-26(5)30(28,6)7/h12,15-16,18,21,26,28-29,32,34-35H,8-11,13-14,17,19-20,22H2,1-7H3/b18-15+,23-12+,27-25-/t26-,28+,29+,31+/m0/s1. The van der Waals surface area contributed by atoms with E-state index in [1.807, 2.05) is 0 Å². The topological polar surface area (TPSA) is 77.8 Å². The molecule has 3 N–H and O–H groups in total. The van der Waals surface area contributed by atoms with Crippen molar-refractivity contribution in [3.05, 3.63) is 46.6 Å². The summed E-state index contributed by atoms with van der Waals surface area (Å²) in [4.78, 5) is 11.6. The Morgan fingerprint density at radius 1 is 1.26 bits per heavy atom. The zero-order valence-electron chi connectivity index (χ0n) is 23.4. The number of hydrogen-bond acceptors (Lipinski definition) is 4. The van der Waals surface area contributed by atoms with Gasteiger partial charge in [0.2, 0.25) is 0 Å². The molecule has 0 aromatic heterocycles. The molecule has 1 aliphatic rings. The summed E-state index contributed by atoms with van der Waals surface area (Å²) in [5.74, 6) is 0.688. The monoisotopic (exact) mass is 488 g/mol. The molecule has 0 unspecified atom stereocenters. The van der Waals surface area contributed by atoms with Gasteiger partial charge in [-0.25, -0.2) is 0 Å². The van der Waals surface area contributed by atoms with Crippen molar-refractivity contribution in [2.75, 3.05) is 13.2 Å². The molecule has 0 radical (unpaired) electrons. The molecule has 0 saturated carbocycles. The molecule has 0 fully saturated rings. The van der Waals surface area contributed by atoms with Gasteiger partial charge in [0.05, 0.1) is 12.2 Å². The Hall–Kier alpha value is -1.49. The highest BCUT2D eigenvalue weighted by Crippen LogP contribution is 2.45. The highest BCUT2D eigenvalue weighted by atomic mass is 16.3. The molecule has 35 heavy (non-hydrogen) atoms. The second kappa shape index (κ2) is 14.9. The molecule has 0 heterocycles. The number of allylic oxidation sites excluding steroid dienone is 7. The quantitative estimate of drug-likeness (QED) is 0.104. The Bertz CT molecular complexity index is 786. The molecule has 1 aliphatic carbocycles. The average Bonchev–Trinajstić information content (AvgIpc) is 2.82. The third-order valence-electron chi connectivity index (χ3n) is 8.43. The Morgan fingerprint density at radius 3 is 2.51 bits per heavy atom. The molecule has 4 nitrogen and oxygen atoms in total. The predicted octanol–water partition coefficient (Wildman–Crippen LogP) is 6.72. The van der Waals surface area contributed by atoms with Crippen LogP contribution in [0.15, 0.2) is 46.6 Å². The molecule has 4 atom stereocenters. The van der Waals surface area contributed by atoms with E-state index in [0.717, 1.165) is 43.1 Å². The van der Waals surface area contributed by atoms with E-state index in [1.54, 1.807) is 6.92 Å². The number of unbranched alkanes of at least 4 members (excludes halogenated alkanes) is 1. The molecule has 0 amide bonds. The molecule has 4 heteroatoms. The van der Waals surface area contributed by atoms with Gasteiger partial charge in [-0.05, 0) is 82.6 Å². The van der Waals surface area contributed by atoms with Crippen LogP contribution in [0.4, 0.5) is 0 Å². The summed E-state index contributed by atoms with van der Waals surface area (Å²) in [5, 5.41) is 31.3. The minimum Gasteiger partial charge on any atom is -0.396 e. The zero-order chi connectivity index (χ0) is 26.6. The van der Waals surface area contributed by atoms with Crippen LogP contribution in [0, 0.1) is 23.2 Å². The molecule has 0 aromatic carbocycles. The first-order valence-corrected chi connectivity index (χ1v) is 13.6. The van der Waals surface area contributed by atoms with Crippen LogP contribution in [0.25, 0.3) is 0 Å². The number of aldehydes is 1. The van der Waals surface area contributed by atoms with Gasteiger partial charge in [0.15, 0.2) is 0 Å². The van der Waals surface area contributed by atoms with Gasteiger partial charge in [-0.15, -0.1) is 0 Å². The van der Waals surface area contributed by atoms with Crippen LogP contribution in [-0.2, 0) is 4.79 Å². The van der Waals surface area contributed by atoms with Gasteiger partial charge in [0.1, 0.15) is 6.29 Å². The normalized spacial score (nSPS) is 24.1. The van der Waals surface area contributed by atoms with E-state index < -0.39 is 5.60 Å². The van der Waals surface area contributed by atoms with Crippen molar-refractivity contribution in [1.29, 1.82) is 0 Å². The SMILES string of the molecule is CCCC/C(=C(\C)C=O)[C@@H](CCCO)[C@](O)(CO)CC/C=C(C)/C=C/[C@@H]1C(C)=CC[C@H](C)C1(C)C. The highest BCUT2D eigenvalue weighted by Gasteiger charge is 2.38. The maximum Gasteiger partial charge on any atom is 0.145 e. The first kappa shape index (κ1) is 31.5. The van der Waals surface area contributed by atoms with Gasteiger partial charge in [-0.2, -0.15) is 0 Å². The molecule has 0 spiro atoms. The number of aliphatic hydroxyl groups excluding tert-OH is 2. The predicted molar refractivity (Wildman–Crippen MR) is 147 cm³/mol. The summed E-state index contributed by atoms with van der Waals surface area (Å²) < 4.78 is 0. The van der Waals surface area contributed by atoms with E-state index >= 15 is 0 Å². The maximum atomic E-state index is 11.6. The van der Waals surface area contributed by atoms with E-state index in [9.17, 15) is 20.1 Å². The van der Waals surface area contributed by atoms with Crippen molar-refractivity contribution in [1.82, 2.24) is 0 Å². The smallest absolute Gasteiger partial charge is 0.145 e. The van der Waals surface area contributed by atoms with Gasteiger partial charge in [-0.1, -0.05) is 75.1 Å². The summed E-state index contributed by atoms with van der Waals surface area (Å²) in [7, 11) is 0.